The summed E-state index contributed by atoms with van der Waals surface area (Å²) in [4.78, 5) is 0. The minimum Gasteiger partial charge on any atom is -0.399 e. The third-order valence-electron chi connectivity index (χ3n) is 1.46. The molecule has 0 saturated carbocycles. The first kappa shape index (κ1) is 9.63. The Kier molecular flexibility index (Phi) is 2.07. The van der Waals surface area contributed by atoms with Crippen LogP contribution < -0.4 is 11.5 Å². The second kappa shape index (κ2) is 2.79. The highest BCUT2D eigenvalue weighted by molar-refractivity contribution is 5.57. The molecule has 0 aliphatic carbocycles. The predicted octanol–water partition coefficient (Wildman–Crippen LogP) is 2.01. The van der Waals surface area contributed by atoms with Gasteiger partial charge in [0.25, 0.3) is 0 Å². The molecule has 6 heteroatoms. The van der Waals surface area contributed by atoms with E-state index in [1.807, 2.05) is 0 Å². The molecule has 13 heavy (non-hydrogen) atoms. The van der Waals surface area contributed by atoms with Gasteiger partial charge in [-0.3, -0.25) is 0 Å². The highest BCUT2D eigenvalue weighted by Gasteiger charge is 2.34. The molecule has 2 nitrogen and oxygen atoms in total. The van der Waals surface area contributed by atoms with Gasteiger partial charge in [0.1, 0.15) is 5.82 Å². The van der Waals surface area contributed by atoms with Crippen molar-refractivity contribution in [3.8, 4) is 0 Å². The summed E-state index contributed by atoms with van der Waals surface area (Å²) in [5, 5.41) is 0. The lowest BCUT2D eigenvalue weighted by Crippen LogP contribution is -2.11. The molecule has 1 aromatic rings. The molecule has 0 heterocycles. The van der Waals surface area contributed by atoms with E-state index in [0.717, 1.165) is 6.07 Å². The lowest BCUT2D eigenvalue weighted by atomic mass is 10.1. The van der Waals surface area contributed by atoms with Gasteiger partial charge in [0.2, 0.25) is 0 Å². The monoisotopic (exact) mass is 194 g/mol. The summed E-state index contributed by atoms with van der Waals surface area (Å²) in [6, 6.07) is 1.34. The van der Waals surface area contributed by atoms with Gasteiger partial charge in [-0.25, -0.2) is 4.39 Å². The van der Waals surface area contributed by atoms with E-state index in [4.69, 9.17) is 11.5 Å². The smallest absolute Gasteiger partial charge is 0.399 e. The highest BCUT2D eigenvalue weighted by Crippen LogP contribution is 2.35. The van der Waals surface area contributed by atoms with Crippen LogP contribution in [0.1, 0.15) is 5.56 Å². The molecule has 0 bridgehead atoms. The summed E-state index contributed by atoms with van der Waals surface area (Å²) in [6.07, 6.45) is -4.68. The summed E-state index contributed by atoms with van der Waals surface area (Å²) in [5.74, 6) is -1.16. The molecular weight excluding hydrogens is 188 g/mol. The fraction of sp³-hybridized carbons (Fsp3) is 0.143. The van der Waals surface area contributed by atoms with Crippen LogP contribution in [0.15, 0.2) is 12.1 Å². The number of halogens is 4. The molecule has 0 atom stereocenters. The van der Waals surface area contributed by atoms with Gasteiger partial charge in [0.05, 0.1) is 11.3 Å². The molecule has 0 radical (unpaired) electrons. The van der Waals surface area contributed by atoms with Crippen molar-refractivity contribution >= 4 is 11.4 Å². The van der Waals surface area contributed by atoms with Crippen molar-refractivity contribution in [2.75, 3.05) is 11.5 Å². The normalized spacial score (nSPS) is 11.7. The number of nitrogens with two attached hydrogens (primary N) is 2. The number of rotatable bonds is 0. The van der Waals surface area contributed by atoms with E-state index < -0.39 is 23.2 Å². The quantitative estimate of drug-likeness (QED) is 0.490. The summed E-state index contributed by atoms with van der Waals surface area (Å²) >= 11 is 0. The molecule has 0 saturated heterocycles. The first-order valence-corrected chi connectivity index (χ1v) is 3.24. The Morgan fingerprint density at radius 1 is 1.08 bits per heavy atom. The average Bonchev–Trinajstić information content (AvgIpc) is 1.94. The molecule has 72 valence electrons. The highest BCUT2D eigenvalue weighted by atomic mass is 19.4. The molecule has 0 spiro atoms. The Morgan fingerprint density at radius 2 is 1.62 bits per heavy atom. The van der Waals surface area contributed by atoms with Gasteiger partial charge in [-0.15, -0.1) is 0 Å². The molecule has 1 rings (SSSR count). The largest absolute Gasteiger partial charge is 0.418 e. The van der Waals surface area contributed by atoms with Crippen molar-refractivity contribution < 1.29 is 17.6 Å². The van der Waals surface area contributed by atoms with Crippen LogP contribution in [0.4, 0.5) is 28.9 Å². The maximum Gasteiger partial charge on any atom is 0.418 e. The molecule has 0 aliphatic heterocycles. The Balaban J connectivity index is 3.37. The lowest BCUT2D eigenvalue weighted by Gasteiger charge is -2.10. The van der Waals surface area contributed by atoms with Crippen LogP contribution in [0.25, 0.3) is 0 Å². The second-order valence-corrected chi connectivity index (χ2v) is 2.46. The topological polar surface area (TPSA) is 52.0 Å². The maximum atomic E-state index is 12.7. The molecular formula is C7H6F4N2. The van der Waals surface area contributed by atoms with E-state index in [1.165, 1.54) is 0 Å². The van der Waals surface area contributed by atoms with Gasteiger partial charge in [-0.2, -0.15) is 13.2 Å². The Bertz CT molecular complexity index is 332. The number of hydrogen-bond acceptors (Lipinski definition) is 2. The molecule has 1 aromatic carbocycles. The fourth-order valence-corrected chi connectivity index (χ4v) is 0.873. The van der Waals surface area contributed by atoms with Crippen LogP contribution in [0.5, 0.6) is 0 Å². The zero-order chi connectivity index (χ0) is 10.2. The lowest BCUT2D eigenvalue weighted by molar-refractivity contribution is -0.137. The molecule has 0 unspecified atom stereocenters. The number of hydrogen-bond donors (Lipinski definition) is 2. The van der Waals surface area contributed by atoms with Gasteiger partial charge < -0.3 is 11.5 Å². The van der Waals surface area contributed by atoms with Gasteiger partial charge >= 0.3 is 6.18 Å². The van der Waals surface area contributed by atoms with E-state index in [2.05, 4.69) is 0 Å². The standard InChI is InChI=1S/C7H6F4N2/c8-5-2-3(12)1-4(6(5)13)7(9,10)11/h1-2H,12-13H2. The Hall–Kier alpha value is -1.46. The summed E-state index contributed by atoms with van der Waals surface area (Å²) < 4.78 is 49.0. The predicted molar refractivity (Wildman–Crippen MR) is 40.2 cm³/mol. The fourth-order valence-electron chi connectivity index (χ4n) is 0.873. The first-order chi connectivity index (χ1) is 5.82. The number of anilines is 2. The number of alkyl halides is 3. The molecule has 0 aliphatic rings. The molecule has 0 aromatic heterocycles. The van der Waals surface area contributed by atoms with Crippen LogP contribution in [0.2, 0.25) is 0 Å². The van der Waals surface area contributed by atoms with E-state index in [1.54, 1.807) is 0 Å². The van der Waals surface area contributed by atoms with Crippen molar-refractivity contribution in [2.45, 2.75) is 6.18 Å². The second-order valence-electron chi connectivity index (χ2n) is 2.46. The molecule has 0 fully saturated rings. The van der Waals surface area contributed by atoms with Crippen LogP contribution in [-0.4, -0.2) is 0 Å². The van der Waals surface area contributed by atoms with Gasteiger partial charge in [-0.05, 0) is 12.1 Å². The van der Waals surface area contributed by atoms with E-state index in [9.17, 15) is 17.6 Å². The van der Waals surface area contributed by atoms with Crippen molar-refractivity contribution in [1.29, 1.82) is 0 Å². The van der Waals surface area contributed by atoms with Crippen LogP contribution in [0.3, 0.4) is 0 Å². The van der Waals surface area contributed by atoms with E-state index in [0.29, 0.717) is 6.07 Å². The zero-order valence-corrected chi connectivity index (χ0v) is 6.32. The van der Waals surface area contributed by atoms with Crippen LogP contribution in [-0.2, 0) is 6.18 Å². The van der Waals surface area contributed by atoms with E-state index >= 15 is 0 Å². The minimum absolute atomic E-state index is 0.306. The number of nitrogen functional groups attached to an aromatic ring is 2. The summed E-state index contributed by atoms with van der Waals surface area (Å²) in [6.45, 7) is 0. The SMILES string of the molecule is Nc1cc(F)c(N)c(C(F)(F)F)c1. The third kappa shape index (κ3) is 1.82. The Labute approximate surface area is 71.1 Å². The minimum atomic E-state index is -4.68. The first-order valence-electron chi connectivity index (χ1n) is 3.24. The van der Waals surface area contributed by atoms with Crippen molar-refractivity contribution in [2.24, 2.45) is 0 Å². The molecule has 0 amide bonds. The zero-order valence-electron chi connectivity index (χ0n) is 6.32. The van der Waals surface area contributed by atoms with Crippen molar-refractivity contribution in [3.63, 3.8) is 0 Å². The van der Waals surface area contributed by atoms with Crippen molar-refractivity contribution in [1.82, 2.24) is 0 Å². The summed E-state index contributed by atoms with van der Waals surface area (Å²) in [5.41, 5.74) is 7.44. The summed E-state index contributed by atoms with van der Waals surface area (Å²) in [7, 11) is 0. The van der Waals surface area contributed by atoms with Gasteiger partial charge in [-0.1, -0.05) is 0 Å². The van der Waals surface area contributed by atoms with Gasteiger partial charge in [0.15, 0.2) is 0 Å². The average molecular weight is 194 g/mol. The maximum absolute atomic E-state index is 12.7. The van der Waals surface area contributed by atoms with Crippen LogP contribution in [0, 0.1) is 5.82 Å². The number of benzene rings is 1. The van der Waals surface area contributed by atoms with Gasteiger partial charge in [0, 0.05) is 5.69 Å². The third-order valence-corrected chi connectivity index (χ3v) is 1.46. The Morgan fingerprint density at radius 3 is 2.08 bits per heavy atom. The van der Waals surface area contributed by atoms with Crippen LogP contribution >= 0.6 is 0 Å². The van der Waals surface area contributed by atoms with Crippen molar-refractivity contribution in [3.05, 3.63) is 23.5 Å². The molecule has 4 N–H and O–H groups in total. The van der Waals surface area contributed by atoms with E-state index in [-0.39, 0.29) is 5.69 Å².